The number of morpholine rings is 1. The van der Waals surface area contributed by atoms with Gasteiger partial charge in [-0.25, -0.2) is 9.97 Å². The van der Waals surface area contributed by atoms with Crippen molar-refractivity contribution in [2.75, 3.05) is 69.8 Å². The van der Waals surface area contributed by atoms with Crippen molar-refractivity contribution in [2.24, 2.45) is 5.92 Å². The molecule has 3 N–H and O–H groups in total. The van der Waals surface area contributed by atoms with E-state index in [4.69, 9.17) is 14.5 Å². The maximum Gasteiger partial charge on any atom is 0.227 e. The van der Waals surface area contributed by atoms with Gasteiger partial charge in [-0.3, -0.25) is 9.69 Å². The smallest absolute Gasteiger partial charge is 0.227 e. The number of nitrogens with zero attached hydrogens (tertiary/aromatic N) is 4. The van der Waals surface area contributed by atoms with E-state index in [1.165, 1.54) is 11.3 Å². The van der Waals surface area contributed by atoms with Crippen molar-refractivity contribution in [1.82, 2.24) is 25.5 Å². The Morgan fingerprint density at radius 2 is 1.83 bits per heavy atom. The Kier molecular flexibility index (Phi) is 9.12. The van der Waals surface area contributed by atoms with Crippen LogP contribution in [0.1, 0.15) is 30.4 Å². The van der Waals surface area contributed by atoms with E-state index >= 15 is 0 Å². The number of carbonyl (C=O) groups excluding carboxylic acids is 1. The van der Waals surface area contributed by atoms with Crippen LogP contribution in [0.3, 0.4) is 0 Å². The first-order valence-electron chi connectivity index (χ1n) is 15.1. The lowest BCUT2D eigenvalue weighted by molar-refractivity contribution is -0.126. The second-order valence-corrected chi connectivity index (χ2v) is 11.2. The number of carbonyl (C=O) groups is 1. The van der Waals surface area contributed by atoms with Crippen LogP contribution in [0.4, 0.5) is 17.3 Å². The summed E-state index contributed by atoms with van der Waals surface area (Å²) < 4.78 is 11.3. The molecule has 5 heterocycles. The summed E-state index contributed by atoms with van der Waals surface area (Å²) in [6.07, 6.45) is 4.43. The maximum atomic E-state index is 12.9. The zero-order valence-electron chi connectivity index (χ0n) is 24.4. The maximum absolute atomic E-state index is 12.9. The van der Waals surface area contributed by atoms with Crippen molar-refractivity contribution in [1.29, 1.82) is 0 Å². The lowest BCUT2D eigenvalue weighted by Crippen LogP contribution is -2.41. The van der Waals surface area contributed by atoms with Gasteiger partial charge < -0.3 is 30.3 Å². The third-order valence-electron chi connectivity index (χ3n) is 8.42. The lowest BCUT2D eigenvalue weighted by atomic mass is 9.95. The summed E-state index contributed by atoms with van der Waals surface area (Å²) in [5.41, 5.74) is 6.36. The van der Waals surface area contributed by atoms with Gasteiger partial charge in [0, 0.05) is 67.3 Å². The lowest BCUT2D eigenvalue weighted by Gasteiger charge is -2.34. The van der Waals surface area contributed by atoms with Crippen molar-refractivity contribution < 1.29 is 14.3 Å². The molecule has 0 spiro atoms. The van der Waals surface area contributed by atoms with Crippen LogP contribution in [-0.2, 0) is 22.6 Å². The van der Waals surface area contributed by atoms with Crippen LogP contribution >= 0.6 is 0 Å². The van der Waals surface area contributed by atoms with Gasteiger partial charge in [0.05, 0.1) is 26.0 Å². The fraction of sp³-hybridized carbons (Fsp3) is 0.469. The summed E-state index contributed by atoms with van der Waals surface area (Å²) >= 11 is 0. The summed E-state index contributed by atoms with van der Waals surface area (Å²) in [4.78, 5) is 27.2. The molecule has 10 nitrogen and oxygen atoms in total. The number of anilines is 3. The molecule has 2 aromatic carbocycles. The molecular weight excluding hydrogens is 530 g/mol. The van der Waals surface area contributed by atoms with Gasteiger partial charge in [-0.15, -0.1) is 0 Å². The first-order valence-corrected chi connectivity index (χ1v) is 15.1. The SMILES string of the molecule is COc1ccc2cc1CNCCCNC(=O)C1CCN(CC1)Cc1cc(ccc1N1CCOCC1)Nc1nccc-2n1. The predicted octanol–water partition coefficient (Wildman–Crippen LogP) is 3.55. The summed E-state index contributed by atoms with van der Waals surface area (Å²) in [5, 5.41) is 10.1. The molecule has 42 heavy (non-hydrogen) atoms. The Morgan fingerprint density at radius 1 is 0.976 bits per heavy atom. The minimum Gasteiger partial charge on any atom is -0.496 e. The van der Waals surface area contributed by atoms with E-state index in [1.807, 2.05) is 18.2 Å². The van der Waals surface area contributed by atoms with Gasteiger partial charge in [0.1, 0.15) is 5.75 Å². The van der Waals surface area contributed by atoms with Crippen molar-refractivity contribution >= 4 is 23.2 Å². The van der Waals surface area contributed by atoms with Crippen molar-refractivity contribution in [3.63, 3.8) is 0 Å². The quantitative estimate of drug-likeness (QED) is 0.426. The average molecular weight is 572 g/mol. The summed E-state index contributed by atoms with van der Waals surface area (Å²) in [6, 6.07) is 14.6. The van der Waals surface area contributed by atoms with Crippen LogP contribution < -0.4 is 25.6 Å². The molecule has 222 valence electrons. The zero-order valence-corrected chi connectivity index (χ0v) is 24.4. The third-order valence-corrected chi connectivity index (χ3v) is 8.42. The Morgan fingerprint density at radius 3 is 2.67 bits per heavy atom. The molecule has 7 rings (SSSR count). The molecule has 2 saturated heterocycles. The zero-order chi connectivity index (χ0) is 28.7. The molecule has 4 aliphatic rings. The molecule has 0 aliphatic carbocycles. The number of nitrogens with one attached hydrogen (secondary N) is 3. The number of amides is 1. The van der Waals surface area contributed by atoms with Crippen LogP contribution in [0.2, 0.25) is 0 Å². The number of piperidine rings is 1. The van der Waals surface area contributed by atoms with Gasteiger partial charge in [-0.05, 0) is 86.9 Å². The number of hydrogen-bond acceptors (Lipinski definition) is 9. The third kappa shape index (κ3) is 6.83. The van der Waals surface area contributed by atoms with Crippen LogP contribution in [0, 0.1) is 5.92 Å². The molecule has 10 heteroatoms. The highest BCUT2D eigenvalue weighted by Gasteiger charge is 2.26. The van der Waals surface area contributed by atoms with Gasteiger partial charge in [-0.2, -0.15) is 0 Å². The van der Waals surface area contributed by atoms with Crippen LogP contribution in [0.15, 0.2) is 48.7 Å². The van der Waals surface area contributed by atoms with Crippen molar-refractivity contribution in [3.05, 3.63) is 59.8 Å². The van der Waals surface area contributed by atoms with E-state index < -0.39 is 0 Å². The molecule has 1 aromatic heterocycles. The van der Waals surface area contributed by atoms with Crippen LogP contribution in [-0.4, -0.2) is 80.4 Å². The molecule has 0 saturated carbocycles. The minimum atomic E-state index is 0.0789. The van der Waals surface area contributed by atoms with E-state index in [-0.39, 0.29) is 11.8 Å². The van der Waals surface area contributed by atoms with Crippen LogP contribution in [0.5, 0.6) is 5.75 Å². The molecule has 8 bridgehead atoms. The van der Waals surface area contributed by atoms with Crippen molar-refractivity contribution in [3.8, 4) is 17.0 Å². The number of methoxy groups -OCH3 is 1. The Bertz CT molecular complexity index is 1370. The number of hydrogen-bond donors (Lipinski definition) is 3. The van der Waals surface area contributed by atoms with Gasteiger partial charge in [-0.1, -0.05) is 0 Å². The predicted molar refractivity (Wildman–Crippen MR) is 164 cm³/mol. The van der Waals surface area contributed by atoms with Gasteiger partial charge in [0.2, 0.25) is 11.9 Å². The highest BCUT2D eigenvalue weighted by Crippen LogP contribution is 2.30. The van der Waals surface area contributed by atoms with E-state index in [2.05, 4.69) is 55.0 Å². The van der Waals surface area contributed by atoms with E-state index in [0.717, 1.165) is 100 Å². The fourth-order valence-electron chi connectivity index (χ4n) is 6.07. The highest BCUT2D eigenvalue weighted by molar-refractivity contribution is 5.78. The Hall–Kier alpha value is -3.73. The monoisotopic (exact) mass is 571 g/mol. The molecular formula is C32H41N7O3. The molecule has 4 aliphatic heterocycles. The second-order valence-electron chi connectivity index (χ2n) is 11.2. The van der Waals surface area contributed by atoms with E-state index in [0.29, 0.717) is 19.0 Å². The topological polar surface area (TPSA) is 104 Å². The number of aromatic nitrogens is 2. The minimum absolute atomic E-state index is 0.0789. The summed E-state index contributed by atoms with van der Waals surface area (Å²) in [6.45, 7) is 8.03. The van der Waals surface area contributed by atoms with Gasteiger partial charge >= 0.3 is 0 Å². The standard InChI is InChI=1S/C32H41N7O3/c1-41-30-6-3-24-19-25(30)21-33-10-2-11-34-31(40)23-8-13-38(14-9-23)22-26-20-27(36-32-35-12-7-28(24)37-32)4-5-29(26)39-15-17-42-18-16-39/h3-7,12,19-20,23,33H,2,8-11,13-18,21-22H2,1H3,(H,34,40)(H,35,36,37). The second kappa shape index (κ2) is 13.5. The highest BCUT2D eigenvalue weighted by atomic mass is 16.5. The summed E-state index contributed by atoms with van der Waals surface area (Å²) in [5.74, 6) is 1.66. The average Bonchev–Trinajstić information content (AvgIpc) is 3.03. The molecule has 0 atom stereocenters. The molecule has 2 fully saturated rings. The number of rotatable bonds is 2. The molecule has 0 unspecified atom stereocenters. The molecule has 1 amide bonds. The normalized spacial score (nSPS) is 21.8. The number of benzene rings is 2. The molecule has 0 radical (unpaired) electrons. The van der Waals surface area contributed by atoms with Gasteiger partial charge in [0.15, 0.2) is 0 Å². The van der Waals surface area contributed by atoms with E-state index in [1.54, 1.807) is 13.3 Å². The Labute approximate surface area is 247 Å². The van der Waals surface area contributed by atoms with Crippen molar-refractivity contribution in [2.45, 2.75) is 32.4 Å². The first-order chi connectivity index (χ1) is 20.7. The fourth-order valence-corrected chi connectivity index (χ4v) is 6.07. The van der Waals surface area contributed by atoms with Gasteiger partial charge in [0.25, 0.3) is 0 Å². The van der Waals surface area contributed by atoms with Crippen LogP contribution in [0.25, 0.3) is 11.3 Å². The number of ether oxygens (including phenoxy) is 2. The Balaban J connectivity index is 1.31. The number of fused-ring (bicyclic) bond motifs is 8. The summed E-state index contributed by atoms with van der Waals surface area (Å²) in [7, 11) is 1.69. The largest absolute Gasteiger partial charge is 0.496 e. The molecule has 3 aromatic rings. The first kappa shape index (κ1) is 28.4. The van der Waals surface area contributed by atoms with E-state index in [9.17, 15) is 4.79 Å².